The predicted octanol–water partition coefficient (Wildman–Crippen LogP) is 2.26. The summed E-state index contributed by atoms with van der Waals surface area (Å²) in [5, 5.41) is 7.36. The van der Waals surface area contributed by atoms with Crippen LogP contribution < -0.4 is 21.5 Å². The molecule has 0 aliphatic heterocycles. The number of halogens is 3. The summed E-state index contributed by atoms with van der Waals surface area (Å²) in [5.41, 5.74) is -0.901. The summed E-state index contributed by atoms with van der Waals surface area (Å²) in [5.74, 6) is -0.668. The SMILES string of the molecule is CNC(=O)Nc1ccc(NC(=O)Cn2cc(C(F)(F)F)ccc2=O)cc1. The molecule has 10 heteroatoms. The van der Waals surface area contributed by atoms with Gasteiger partial charge < -0.3 is 20.5 Å². The Hall–Kier alpha value is -3.30. The highest BCUT2D eigenvalue weighted by molar-refractivity contribution is 5.92. The Morgan fingerprint density at radius 3 is 2.12 bits per heavy atom. The van der Waals surface area contributed by atoms with E-state index in [0.29, 0.717) is 28.2 Å². The first-order valence-electron chi connectivity index (χ1n) is 7.35. The van der Waals surface area contributed by atoms with Crippen molar-refractivity contribution < 1.29 is 22.8 Å². The number of urea groups is 1. The molecular formula is C16H15F3N4O3. The van der Waals surface area contributed by atoms with Crippen molar-refractivity contribution >= 4 is 23.3 Å². The largest absolute Gasteiger partial charge is 0.417 e. The van der Waals surface area contributed by atoms with Crippen molar-refractivity contribution in [2.45, 2.75) is 12.7 Å². The Morgan fingerprint density at radius 1 is 1.00 bits per heavy atom. The lowest BCUT2D eigenvalue weighted by molar-refractivity contribution is -0.138. The molecule has 0 aliphatic rings. The number of anilines is 2. The molecule has 0 fully saturated rings. The molecule has 26 heavy (non-hydrogen) atoms. The summed E-state index contributed by atoms with van der Waals surface area (Å²) in [6, 6.07) is 7.06. The van der Waals surface area contributed by atoms with Crippen molar-refractivity contribution in [2.24, 2.45) is 0 Å². The van der Waals surface area contributed by atoms with Crippen LogP contribution in [0.1, 0.15) is 5.56 Å². The maximum atomic E-state index is 12.7. The monoisotopic (exact) mass is 368 g/mol. The lowest BCUT2D eigenvalue weighted by Crippen LogP contribution is -2.28. The molecule has 1 aromatic carbocycles. The number of alkyl halides is 3. The summed E-state index contributed by atoms with van der Waals surface area (Å²) < 4.78 is 38.7. The number of pyridine rings is 1. The molecule has 1 aromatic heterocycles. The Kier molecular flexibility index (Phi) is 5.65. The number of hydrogen-bond acceptors (Lipinski definition) is 3. The minimum atomic E-state index is -4.61. The van der Waals surface area contributed by atoms with E-state index in [0.717, 1.165) is 6.07 Å². The number of amides is 3. The summed E-state index contributed by atoms with van der Waals surface area (Å²) in [7, 11) is 1.46. The minimum Gasteiger partial charge on any atom is -0.341 e. The van der Waals surface area contributed by atoms with E-state index >= 15 is 0 Å². The zero-order valence-electron chi connectivity index (χ0n) is 13.6. The number of carbonyl (C=O) groups is 2. The van der Waals surface area contributed by atoms with Gasteiger partial charge in [0.05, 0.1) is 5.56 Å². The first-order chi connectivity index (χ1) is 12.2. The number of aromatic nitrogens is 1. The van der Waals surface area contributed by atoms with Crippen LogP contribution in [0.3, 0.4) is 0 Å². The van der Waals surface area contributed by atoms with Crippen molar-refractivity contribution in [1.29, 1.82) is 0 Å². The van der Waals surface area contributed by atoms with Crippen LogP contribution in [-0.2, 0) is 17.5 Å². The van der Waals surface area contributed by atoms with Crippen molar-refractivity contribution in [1.82, 2.24) is 9.88 Å². The minimum absolute atomic E-state index is 0.359. The van der Waals surface area contributed by atoms with Gasteiger partial charge in [0.15, 0.2) is 0 Å². The second-order valence-corrected chi connectivity index (χ2v) is 5.21. The topological polar surface area (TPSA) is 92.2 Å². The molecule has 2 aromatic rings. The molecule has 0 bridgehead atoms. The molecular weight excluding hydrogens is 353 g/mol. The van der Waals surface area contributed by atoms with Crippen molar-refractivity contribution in [3.05, 3.63) is 58.5 Å². The van der Waals surface area contributed by atoms with Crippen LogP contribution >= 0.6 is 0 Å². The number of benzene rings is 1. The van der Waals surface area contributed by atoms with Gasteiger partial charge in [0.1, 0.15) is 6.54 Å². The number of nitrogens with zero attached hydrogens (tertiary/aromatic N) is 1. The third-order valence-corrected chi connectivity index (χ3v) is 3.28. The van der Waals surface area contributed by atoms with Gasteiger partial charge in [0.2, 0.25) is 5.91 Å². The van der Waals surface area contributed by atoms with Crippen molar-refractivity contribution in [2.75, 3.05) is 17.7 Å². The molecule has 0 saturated carbocycles. The van der Waals surface area contributed by atoms with E-state index in [4.69, 9.17) is 0 Å². The van der Waals surface area contributed by atoms with Crippen molar-refractivity contribution in [3.8, 4) is 0 Å². The van der Waals surface area contributed by atoms with E-state index in [9.17, 15) is 27.6 Å². The normalized spacial score (nSPS) is 10.9. The molecule has 0 saturated heterocycles. The molecule has 138 valence electrons. The van der Waals surface area contributed by atoms with Crippen LogP contribution in [0, 0.1) is 0 Å². The van der Waals surface area contributed by atoms with Crippen LogP contribution in [0.15, 0.2) is 47.4 Å². The zero-order chi connectivity index (χ0) is 19.3. The van der Waals surface area contributed by atoms with Gasteiger partial charge in [-0.3, -0.25) is 9.59 Å². The molecule has 0 unspecified atom stereocenters. The summed E-state index contributed by atoms with van der Waals surface area (Å²) in [6.07, 6.45) is -4.02. The van der Waals surface area contributed by atoms with Gasteiger partial charge in [-0.05, 0) is 30.3 Å². The molecule has 0 aliphatic carbocycles. The summed E-state index contributed by atoms with van der Waals surface area (Å²) >= 11 is 0. The van der Waals surface area contributed by atoms with E-state index in [1.807, 2.05) is 0 Å². The first-order valence-corrected chi connectivity index (χ1v) is 7.35. The van der Waals surface area contributed by atoms with Crippen molar-refractivity contribution in [3.63, 3.8) is 0 Å². The van der Waals surface area contributed by atoms with Crippen LogP contribution in [0.25, 0.3) is 0 Å². The molecule has 7 nitrogen and oxygen atoms in total. The van der Waals surface area contributed by atoms with Gasteiger partial charge >= 0.3 is 12.2 Å². The molecule has 1 heterocycles. The van der Waals surface area contributed by atoms with E-state index in [2.05, 4.69) is 16.0 Å². The fourth-order valence-corrected chi connectivity index (χ4v) is 2.01. The number of rotatable bonds is 4. The second kappa shape index (κ2) is 7.72. The number of carbonyl (C=O) groups excluding carboxylic acids is 2. The second-order valence-electron chi connectivity index (χ2n) is 5.21. The van der Waals surface area contributed by atoms with Gasteiger partial charge in [0.25, 0.3) is 5.56 Å². The third-order valence-electron chi connectivity index (χ3n) is 3.28. The van der Waals surface area contributed by atoms with Crippen LogP contribution in [0.2, 0.25) is 0 Å². The van der Waals surface area contributed by atoms with Gasteiger partial charge in [-0.15, -0.1) is 0 Å². The average Bonchev–Trinajstić information content (AvgIpc) is 2.57. The lowest BCUT2D eigenvalue weighted by atomic mass is 10.2. The summed E-state index contributed by atoms with van der Waals surface area (Å²) in [4.78, 5) is 34.8. The highest BCUT2D eigenvalue weighted by atomic mass is 19.4. The van der Waals surface area contributed by atoms with Crippen LogP contribution in [-0.4, -0.2) is 23.6 Å². The molecule has 0 spiro atoms. The average molecular weight is 368 g/mol. The van der Waals surface area contributed by atoms with E-state index in [1.165, 1.54) is 31.3 Å². The van der Waals surface area contributed by atoms with E-state index in [-0.39, 0.29) is 0 Å². The smallest absolute Gasteiger partial charge is 0.341 e. The summed E-state index contributed by atoms with van der Waals surface area (Å²) in [6.45, 7) is -0.568. The third kappa shape index (κ3) is 5.10. The van der Waals surface area contributed by atoms with Gasteiger partial charge in [-0.25, -0.2) is 4.79 Å². The Bertz CT molecular complexity index is 860. The molecule has 2 rings (SSSR count). The Balaban J connectivity index is 2.05. The van der Waals surface area contributed by atoms with Crippen LogP contribution in [0.5, 0.6) is 0 Å². The highest BCUT2D eigenvalue weighted by Gasteiger charge is 2.31. The Labute approximate surface area is 145 Å². The fraction of sp³-hybridized carbons (Fsp3) is 0.188. The lowest BCUT2D eigenvalue weighted by Gasteiger charge is -2.11. The first kappa shape index (κ1) is 19.0. The Morgan fingerprint density at radius 2 is 1.58 bits per heavy atom. The van der Waals surface area contributed by atoms with E-state index in [1.54, 1.807) is 0 Å². The predicted molar refractivity (Wildman–Crippen MR) is 88.9 cm³/mol. The fourth-order valence-electron chi connectivity index (χ4n) is 2.01. The zero-order valence-corrected chi connectivity index (χ0v) is 13.6. The number of hydrogen-bond donors (Lipinski definition) is 3. The maximum Gasteiger partial charge on any atom is 0.417 e. The quantitative estimate of drug-likeness (QED) is 0.773. The molecule has 0 atom stereocenters. The van der Waals surface area contributed by atoms with E-state index < -0.39 is 35.8 Å². The standard InChI is InChI=1S/C16H15F3N4O3/c1-20-15(26)22-12-5-3-11(4-6-12)21-13(24)9-23-8-10(16(17,18)19)2-7-14(23)25/h2-8H,9H2,1H3,(H,21,24)(H2,20,22,26). The highest BCUT2D eigenvalue weighted by Crippen LogP contribution is 2.28. The maximum absolute atomic E-state index is 12.7. The molecule has 3 amide bonds. The van der Waals surface area contributed by atoms with Gasteiger partial charge in [-0.2, -0.15) is 13.2 Å². The molecule has 0 radical (unpaired) electrons. The van der Waals surface area contributed by atoms with Gasteiger partial charge in [0, 0.05) is 30.7 Å². The number of nitrogens with one attached hydrogen (secondary N) is 3. The molecule has 3 N–H and O–H groups in total. The van der Waals surface area contributed by atoms with Gasteiger partial charge in [-0.1, -0.05) is 0 Å². The van der Waals surface area contributed by atoms with Crippen LogP contribution in [0.4, 0.5) is 29.3 Å².